The van der Waals surface area contributed by atoms with Crippen molar-refractivity contribution in [3.63, 3.8) is 0 Å². The van der Waals surface area contributed by atoms with Gasteiger partial charge in [0.2, 0.25) is 5.91 Å². The van der Waals surface area contributed by atoms with E-state index in [0.717, 1.165) is 36.4 Å². The van der Waals surface area contributed by atoms with Gasteiger partial charge in [0, 0.05) is 11.5 Å². The molecule has 100 valence electrons. The molecule has 0 spiro atoms. The van der Waals surface area contributed by atoms with Crippen LogP contribution in [0.25, 0.3) is 0 Å². The van der Waals surface area contributed by atoms with Crippen molar-refractivity contribution in [1.29, 1.82) is 0 Å². The molecule has 4 nitrogen and oxygen atoms in total. The fourth-order valence-corrected chi connectivity index (χ4v) is 2.74. The minimum absolute atomic E-state index is 0.0424. The van der Waals surface area contributed by atoms with Gasteiger partial charge in [0.25, 0.3) is 0 Å². The first-order valence-corrected chi connectivity index (χ1v) is 6.90. The third kappa shape index (κ3) is 2.23. The third-order valence-corrected chi connectivity index (χ3v) is 3.70. The zero-order chi connectivity index (χ0) is 13.2. The molecule has 4 heteroatoms. The zero-order valence-corrected chi connectivity index (χ0v) is 11.1. The highest BCUT2D eigenvalue weighted by atomic mass is 16.5. The van der Waals surface area contributed by atoms with Gasteiger partial charge in [-0.25, -0.2) is 0 Å². The molecule has 0 radical (unpaired) electrons. The number of fused-ring (bicyclic) bond motifs is 1. The predicted octanol–water partition coefficient (Wildman–Crippen LogP) is 2.25. The van der Waals surface area contributed by atoms with E-state index in [-0.39, 0.29) is 17.9 Å². The van der Waals surface area contributed by atoms with Gasteiger partial charge in [-0.2, -0.15) is 0 Å². The summed E-state index contributed by atoms with van der Waals surface area (Å²) in [5.74, 6) is 1.94. The van der Waals surface area contributed by atoms with Gasteiger partial charge in [-0.15, -0.1) is 0 Å². The lowest BCUT2D eigenvalue weighted by Crippen LogP contribution is -2.33. The number of carbonyl (C=O) groups is 1. The summed E-state index contributed by atoms with van der Waals surface area (Å²) >= 11 is 0. The molecule has 0 bridgehead atoms. The monoisotopic (exact) mass is 258 g/mol. The Morgan fingerprint density at radius 2 is 2.26 bits per heavy atom. The Labute approximate surface area is 112 Å². The van der Waals surface area contributed by atoms with Crippen molar-refractivity contribution >= 4 is 11.7 Å². The summed E-state index contributed by atoms with van der Waals surface area (Å²) in [6.45, 7) is 2.75. The number of hydrogen-bond acceptors (Lipinski definition) is 3. The predicted molar refractivity (Wildman–Crippen MR) is 73.6 cm³/mol. The molecule has 2 aliphatic heterocycles. The summed E-state index contributed by atoms with van der Waals surface area (Å²) < 4.78 is 5.65. The van der Waals surface area contributed by atoms with E-state index in [0.29, 0.717) is 6.61 Å². The summed E-state index contributed by atoms with van der Waals surface area (Å²) in [6, 6.07) is 7.80. The number of carbonyl (C=O) groups excluding carboxylic acids is 1. The van der Waals surface area contributed by atoms with Crippen molar-refractivity contribution in [2.24, 2.45) is 4.99 Å². The van der Waals surface area contributed by atoms with E-state index >= 15 is 0 Å². The Balaban J connectivity index is 1.88. The molecule has 0 fully saturated rings. The number of para-hydroxylation sites is 1. The van der Waals surface area contributed by atoms with Crippen molar-refractivity contribution in [3.8, 4) is 5.75 Å². The van der Waals surface area contributed by atoms with Crippen LogP contribution < -0.4 is 10.1 Å². The zero-order valence-electron chi connectivity index (χ0n) is 11.1. The summed E-state index contributed by atoms with van der Waals surface area (Å²) in [5, 5.41) is 2.95. The number of amidine groups is 1. The SMILES string of the molecule is CCCC1N=C(C2CCOc3ccccc32)NC1=O. The average molecular weight is 258 g/mol. The number of amides is 1. The first kappa shape index (κ1) is 12.2. The highest BCUT2D eigenvalue weighted by Gasteiger charge is 2.33. The maximum atomic E-state index is 11.9. The molecule has 2 aliphatic rings. The van der Waals surface area contributed by atoms with Crippen LogP contribution in [0, 0.1) is 0 Å². The second-order valence-corrected chi connectivity index (χ2v) is 5.04. The number of ether oxygens (including phenoxy) is 1. The number of nitrogens with zero attached hydrogens (tertiary/aromatic N) is 1. The van der Waals surface area contributed by atoms with E-state index in [9.17, 15) is 4.79 Å². The minimum Gasteiger partial charge on any atom is -0.493 e. The van der Waals surface area contributed by atoms with Crippen LogP contribution in [0.4, 0.5) is 0 Å². The van der Waals surface area contributed by atoms with Gasteiger partial charge < -0.3 is 10.1 Å². The van der Waals surface area contributed by atoms with Crippen LogP contribution in [0.5, 0.6) is 5.75 Å². The Bertz CT molecular complexity index is 525. The molecule has 0 saturated heterocycles. The molecular weight excluding hydrogens is 240 g/mol. The normalized spacial score (nSPS) is 25.3. The van der Waals surface area contributed by atoms with Gasteiger partial charge in [-0.1, -0.05) is 31.5 Å². The molecule has 1 amide bonds. The molecule has 1 N–H and O–H groups in total. The Hall–Kier alpha value is -1.84. The van der Waals surface area contributed by atoms with Crippen molar-refractivity contribution in [1.82, 2.24) is 5.32 Å². The number of rotatable bonds is 3. The first-order valence-electron chi connectivity index (χ1n) is 6.90. The highest BCUT2D eigenvalue weighted by molar-refractivity contribution is 6.08. The van der Waals surface area contributed by atoms with Crippen LogP contribution in [0.3, 0.4) is 0 Å². The smallest absolute Gasteiger partial charge is 0.250 e. The van der Waals surface area contributed by atoms with Crippen LogP contribution in [0.2, 0.25) is 0 Å². The molecule has 2 atom stereocenters. The number of hydrogen-bond donors (Lipinski definition) is 1. The molecule has 0 aromatic heterocycles. The van der Waals surface area contributed by atoms with E-state index in [1.54, 1.807) is 0 Å². The molecule has 0 aliphatic carbocycles. The summed E-state index contributed by atoms with van der Waals surface area (Å²) in [6.07, 6.45) is 2.66. The lowest BCUT2D eigenvalue weighted by molar-refractivity contribution is -0.120. The molecule has 0 saturated carbocycles. The Kier molecular flexibility index (Phi) is 3.23. The maximum Gasteiger partial charge on any atom is 0.250 e. The highest BCUT2D eigenvalue weighted by Crippen LogP contribution is 2.34. The maximum absolute atomic E-state index is 11.9. The average Bonchev–Trinajstić information content (AvgIpc) is 2.80. The van der Waals surface area contributed by atoms with E-state index in [4.69, 9.17) is 4.74 Å². The molecule has 19 heavy (non-hydrogen) atoms. The standard InChI is InChI=1S/C15H18N2O2/c1-2-5-12-15(18)17-14(16-12)11-8-9-19-13-7-4-3-6-10(11)13/h3-4,6-7,11-12H,2,5,8-9H2,1H3,(H,16,17,18). The van der Waals surface area contributed by atoms with Crippen molar-refractivity contribution in [2.75, 3.05) is 6.61 Å². The summed E-state index contributed by atoms with van der Waals surface area (Å²) in [7, 11) is 0. The van der Waals surface area contributed by atoms with E-state index in [1.165, 1.54) is 0 Å². The second-order valence-electron chi connectivity index (χ2n) is 5.04. The number of benzene rings is 1. The lowest BCUT2D eigenvalue weighted by atomic mass is 9.92. The lowest BCUT2D eigenvalue weighted by Gasteiger charge is -2.25. The molecule has 2 heterocycles. The largest absolute Gasteiger partial charge is 0.493 e. The van der Waals surface area contributed by atoms with Gasteiger partial charge >= 0.3 is 0 Å². The van der Waals surface area contributed by atoms with Crippen molar-refractivity contribution < 1.29 is 9.53 Å². The summed E-state index contributed by atoms with van der Waals surface area (Å²) in [5.41, 5.74) is 1.13. The van der Waals surface area contributed by atoms with E-state index < -0.39 is 0 Å². The topological polar surface area (TPSA) is 50.7 Å². The van der Waals surface area contributed by atoms with Gasteiger partial charge in [0.1, 0.15) is 17.6 Å². The van der Waals surface area contributed by atoms with Gasteiger partial charge in [0.15, 0.2) is 0 Å². The Morgan fingerprint density at radius 3 is 3.11 bits per heavy atom. The van der Waals surface area contributed by atoms with Crippen LogP contribution >= 0.6 is 0 Å². The van der Waals surface area contributed by atoms with E-state index in [1.807, 2.05) is 18.2 Å². The molecule has 1 aromatic carbocycles. The molecule has 1 aromatic rings. The molecule has 2 unspecified atom stereocenters. The fraction of sp³-hybridized carbons (Fsp3) is 0.467. The van der Waals surface area contributed by atoms with Crippen LogP contribution in [0.15, 0.2) is 29.3 Å². The number of aliphatic imine (C=N–C) groups is 1. The fourth-order valence-electron chi connectivity index (χ4n) is 2.74. The second kappa shape index (κ2) is 5.03. The van der Waals surface area contributed by atoms with E-state index in [2.05, 4.69) is 23.3 Å². The number of nitrogens with one attached hydrogen (secondary N) is 1. The summed E-state index contributed by atoms with van der Waals surface area (Å²) in [4.78, 5) is 16.5. The van der Waals surface area contributed by atoms with Crippen molar-refractivity contribution in [3.05, 3.63) is 29.8 Å². The van der Waals surface area contributed by atoms with Crippen molar-refractivity contribution in [2.45, 2.75) is 38.1 Å². The quantitative estimate of drug-likeness (QED) is 0.904. The van der Waals surface area contributed by atoms with Crippen LogP contribution in [-0.2, 0) is 4.79 Å². The van der Waals surface area contributed by atoms with Gasteiger partial charge in [0.05, 0.1) is 6.61 Å². The van der Waals surface area contributed by atoms with Gasteiger partial charge in [-0.05, 0) is 18.9 Å². The van der Waals surface area contributed by atoms with Gasteiger partial charge in [-0.3, -0.25) is 9.79 Å². The first-order chi connectivity index (χ1) is 9.29. The molecule has 3 rings (SSSR count). The van der Waals surface area contributed by atoms with Crippen LogP contribution in [-0.4, -0.2) is 24.4 Å². The third-order valence-electron chi connectivity index (χ3n) is 3.70. The van der Waals surface area contributed by atoms with Crippen LogP contribution in [0.1, 0.15) is 37.7 Å². The Morgan fingerprint density at radius 1 is 1.42 bits per heavy atom. The minimum atomic E-state index is -0.199. The molecular formula is C15H18N2O2.